The van der Waals surface area contributed by atoms with Crippen molar-refractivity contribution in [2.75, 3.05) is 0 Å². The Morgan fingerprint density at radius 1 is 0.323 bits per heavy atom. The Bertz CT molecular complexity index is 493. The zero-order valence-corrected chi connectivity index (χ0v) is 16.8. The van der Waals surface area contributed by atoms with Crippen LogP contribution in [-0.2, 0) is 28.8 Å². The van der Waals surface area contributed by atoms with E-state index in [4.69, 9.17) is 61.3 Å². The standard InChI is InChI=1S/3C4H6O6.Tb/c3*5-1(3(7)8)2(6)4(9)10;/h3*1-2,5-6H,(H,7,8)(H,9,10);. The van der Waals surface area contributed by atoms with Crippen molar-refractivity contribution in [1.82, 2.24) is 0 Å². The normalized spacial score (nSPS) is 15.3. The first-order valence-electron chi connectivity index (χ1n) is 6.85. The summed E-state index contributed by atoms with van der Waals surface area (Å²) in [5.74, 6) is -10.6. The molecule has 0 aromatic carbocycles. The third kappa shape index (κ3) is 16.3. The Kier molecular flexibility index (Phi) is 20.5. The van der Waals surface area contributed by atoms with E-state index in [-0.39, 0.29) is 38.6 Å². The Morgan fingerprint density at radius 3 is 0.419 bits per heavy atom. The molecule has 0 aromatic heterocycles. The molecular formula is C12H18O18Tb. The molecular weight excluding hydrogens is 591 g/mol. The van der Waals surface area contributed by atoms with Gasteiger partial charge in [0, 0.05) is 38.6 Å². The number of hydrogen-bond acceptors (Lipinski definition) is 12. The van der Waals surface area contributed by atoms with Crippen LogP contribution in [-0.4, -0.2) is 134 Å². The van der Waals surface area contributed by atoms with Crippen molar-refractivity contribution in [3.63, 3.8) is 0 Å². The average Bonchev–Trinajstić information content (AvgIpc) is 2.64. The molecule has 0 saturated heterocycles. The smallest absolute Gasteiger partial charge is 0.335 e. The molecule has 0 fully saturated rings. The second-order valence-electron chi connectivity index (χ2n) is 4.70. The molecule has 0 aliphatic rings. The summed E-state index contributed by atoms with van der Waals surface area (Å²) in [5.41, 5.74) is 0. The van der Waals surface area contributed by atoms with Crippen molar-refractivity contribution in [2.45, 2.75) is 36.6 Å². The predicted molar refractivity (Wildman–Crippen MR) is 81.9 cm³/mol. The molecule has 0 bridgehead atoms. The van der Waals surface area contributed by atoms with Gasteiger partial charge in [-0.1, -0.05) is 0 Å². The summed E-state index contributed by atoms with van der Waals surface area (Å²) in [6.45, 7) is 0. The molecule has 18 nitrogen and oxygen atoms in total. The quantitative estimate of drug-likeness (QED) is 0.116. The monoisotopic (exact) mass is 609 g/mol. The minimum Gasteiger partial charge on any atom is -0.479 e. The fraction of sp³-hybridized carbons (Fsp3) is 0.500. The summed E-state index contributed by atoms with van der Waals surface area (Å²) in [7, 11) is 0. The van der Waals surface area contributed by atoms with Gasteiger partial charge < -0.3 is 61.3 Å². The van der Waals surface area contributed by atoms with Crippen LogP contribution in [0, 0.1) is 38.6 Å². The van der Waals surface area contributed by atoms with Gasteiger partial charge in [-0.2, -0.15) is 0 Å². The number of aliphatic hydroxyl groups is 6. The Balaban J connectivity index is -0.000000174. The molecule has 0 aromatic rings. The van der Waals surface area contributed by atoms with Crippen molar-refractivity contribution >= 4 is 35.8 Å². The third-order valence-electron chi connectivity index (χ3n) is 2.42. The first-order chi connectivity index (χ1) is 13.4. The van der Waals surface area contributed by atoms with Gasteiger partial charge in [-0.3, -0.25) is 0 Å². The number of rotatable bonds is 9. The van der Waals surface area contributed by atoms with Gasteiger partial charge in [0.2, 0.25) is 0 Å². The largest absolute Gasteiger partial charge is 0.479 e. The SMILES string of the molecule is O=C(O)C(O)C(O)C(=O)O.O=C(O)C(O)C(O)C(=O)O.O=C(O)C(O)C(O)C(=O)O.[Tb]. The number of hydrogen-bond donors (Lipinski definition) is 12. The van der Waals surface area contributed by atoms with Crippen LogP contribution < -0.4 is 0 Å². The summed E-state index contributed by atoms with van der Waals surface area (Å²) < 4.78 is 0. The molecule has 0 heterocycles. The molecule has 0 amide bonds. The predicted octanol–water partition coefficient (Wildman–Crippen LogP) is -6.37. The molecule has 12 N–H and O–H groups in total. The maximum Gasteiger partial charge on any atom is 0.335 e. The zero-order chi connectivity index (χ0) is 24.9. The fourth-order valence-electron chi connectivity index (χ4n) is 0.810. The van der Waals surface area contributed by atoms with Gasteiger partial charge in [0.25, 0.3) is 0 Å². The van der Waals surface area contributed by atoms with E-state index in [1.807, 2.05) is 0 Å². The van der Waals surface area contributed by atoms with Crippen LogP contribution >= 0.6 is 0 Å². The first-order valence-corrected chi connectivity index (χ1v) is 6.85. The Hall–Kier alpha value is -2.13. The summed E-state index contributed by atoms with van der Waals surface area (Å²) in [5, 5.41) is 97.6. The van der Waals surface area contributed by atoms with Crippen LogP contribution in [0.1, 0.15) is 0 Å². The van der Waals surface area contributed by atoms with Gasteiger partial charge in [-0.05, 0) is 0 Å². The van der Waals surface area contributed by atoms with Crippen LogP contribution in [0.3, 0.4) is 0 Å². The van der Waals surface area contributed by atoms with E-state index in [1.165, 1.54) is 0 Å². The van der Waals surface area contributed by atoms with Crippen molar-refractivity contribution in [3.8, 4) is 0 Å². The molecule has 19 heteroatoms. The summed E-state index contributed by atoms with van der Waals surface area (Å²) in [6.07, 6.45) is -13.6. The van der Waals surface area contributed by atoms with Gasteiger partial charge in [-0.15, -0.1) is 0 Å². The Morgan fingerprint density at radius 2 is 0.387 bits per heavy atom. The number of carbonyl (C=O) groups is 6. The number of aliphatic carboxylic acids is 6. The number of aliphatic hydroxyl groups excluding tert-OH is 6. The average molecular weight is 609 g/mol. The molecule has 0 aliphatic carbocycles. The molecule has 6 unspecified atom stereocenters. The fourth-order valence-corrected chi connectivity index (χ4v) is 0.810. The van der Waals surface area contributed by atoms with E-state index in [2.05, 4.69) is 0 Å². The van der Waals surface area contributed by atoms with E-state index in [0.717, 1.165) is 0 Å². The third-order valence-corrected chi connectivity index (χ3v) is 2.42. The molecule has 31 heavy (non-hydrogen) atoms. The maximum atomic E-state index is 9.77. The van der Waals surface area contributed by atoms with Crippen LogP contribution in [0.4, 0.5) is 0 Å². The minimum atomic E-state index is -2.27. The second-order valence-corrected chi connectivity index (χ2v) is 4.70. The molecule has 0 rings (SSSR count). The molecule has 0 saturated carbocycles. The van der Waals surface area contributed by atoms with Gasteiger partial charge >= 0.3 is 35.8 Å². The number of carboxylic acids is 6. The first kappa shape index (κ1) is 36.3. The molecule has 0 spiro atoms. The van der Waals surface area contributed by atoms with Crippen LogP contribution in [0.5, 0.6) is 0 Å². The maximum absolute atomic E-state index is 9.77. The van der Waals surface area contributed by atoms with E-state index in [9.17, 15) is 28.8 Å². The van der Waals surface area contributed by atoms with Crippen molar-refractivity contribution in [1.29, 1.82) is 0 Å². The van der Waals surface area contributed by atoms with E-state index in [1.54, 1.807) is 0 Å². The minimum absolute atomic E-state index is 0. The summed E-state index contributed by atoms with van der Waals surface area (Å²) in [4.78, 5) is 58.6. The van der Waals surface area contributed by atoms with Crippen molar-refractivity contribution < 1.29 is 129 Å². The zero-order valence-electron chi connectivity index (χ0n) is 14.6. The van der Waals surface area contributed by atoms with E-state index >= 15 is 0 Å². The van der Waals surface area contributed by atoms with E-state index in [0.29, 0.717) is 0 Å². The van der Waals surface area contributed by atoms with Crippen LogP contribution in [0.15, 0.2) is 0 Å². The van der Waals surface area contributed by atoms with Crippen molar-refractivity contribution in [2.24, 2.45) is 0 Å². The Labute approximate surface area is 200 Å². The molecule has 0 aliphatic heterocycles. The summed E-state index contributed by atoms with van der Waals surface area (Å²) >= 11 is 0. The van der Waals surface area contributed by atoms with Gasteiger partial charge in [-0.25, -0.2) is 28.8 Å². The molecule has 1 radical (unpaired) electrons. The molecule has 6 atom stereocenters. The van der Waals surface area contributed by atoms with E-state index < -0.39 is 72.4 Å². The van der Waals surface area contributed by atoms with Crippen molar-refractivity contribution in [3.05, 3.63) is 0 Å². The van der Waals surface area contributed by atoms with Crippen LogP contribution in [0.2, 0.25) is 0 Å². The topological polar surface area (TPSA) is 345 Å². The molecule has 183 valence electrons. The number of carboxylic acid groups (broad SMARTS) is 6. The van der Waals surface area contributed by atoms with Crippen LogP contribution in [0.25, 0.3) is 0 Å². The van der Waals surface area contributed by atoms with Gasteiger partial charge in [0.15, 0.2) is 36.6 Å². The second kappa shape index (κ2) is 17.5. The van der Waals surface area contributed by atoms with Gasteiger partial charge in [0.1, 0.15) is 0 Å². The van der Waals surface area contributed by atoms with Gasteiger partial charge in [0.05, 0.1) is 0 Å². The summed E-state index contributed by atoms with van der Waals surface area (Å²) in [6, 6.07) is 0.